The largest absolute Gasteiger partial charge is 0.435 e. The maximum Gasteiger partial charge on any atom is 0.435 e. The number of halogens is 10. The Morgan fingerprint density at radius 3 is 1.93 bits per heavy atom. The molecule has 0 spiro atoms. The van der Waals surface area contributed by atoms with Crippen molar-refractivity contribution < 1.29 is 35.1 Å². The lowest BCUT2D eigenvalue weighted by molar-refractivity contribution is -0.348. The van der Waals surface area contributed by atoms with E-state index in [-0.39, 0.29) is 22.0 Å². The highest BCUT2D eigenvalue weighted by Crippen LogP contribution is 2.56. The first-order valence-corrected chi connectivity index (χ1v) is 8.51. The lowest BCUT2D eigenvalue weighted by Crippen LogP contribution is -2.50. The fraction of sp³-hybridized carbons (Fsp3) is 0.294. The Kier molecular flexibility index (Phi) is 5.88. The van der Waals surface area contributed by atoms with E-state index in [1.165, 1.54) is 13.0 Å². The Morgan fingerprint density at radius 2 is 1.48 bits per heavy atom. The Labute approximate surface area is 162 Å². The number of alkyl halides is 7. The molecule has 0 unspecified atom stereocenters. The normalized spacial score (nSPS) is 13.1. The van der Waals surface area contributed by atoms with Crippen molar-refractivity contribution in [1.29, 1.82) is 0 Å². The lowest BCUT2D eigenvalue weighted by atomic mass is 9.85. The van der Waals surface area contributed by atoms with Crippen molar-refractivity contribution in [2.24, 2.45) is 0 Å². The molecule has 0 nitrogen and oxygen atoms in total. The predicted octanol–water partition coefficient (Wildman–Crippen LogP) is 7.76. The van der Waals surface area contributed by atoms with Gasteiger partial charge in [-0.1, -0.05) is 40.5 Å². The molecule has 0 heterocycles. The van der Waals surface area contributed by atoms with Crippen LogP contribution in [0.3, 0.4) is 0 Å². The molecule has 0 amide bonds. The Hall–Kier alpha value is -1.35. The summed E-state index contributed by atoms with van der Waals surface area (Å²) < 4.78 is 108. The summed E-state index contributed by atoms with van der Waals surface area (Å²) in [7, 11) is 0. The molecule has 0 saturated heterocycles. The van der Waals surface area contributed by atoms with Crippen LogP contribution in [0.5, 0.6) is 0 Å². The van der Waals surface area contributed by atoms with E-state index in [4.69, 9.17) is 11.6 Å². The summed E-state index contributed by atoms with van der Waals surface area (Å²) in [6.45, 7) is 1.48. The first-order chi connectivity index (χ1) is 12.2. The number of aryl methyl sites for hydroxylation is 1. The van der Waals surface area contributed by atoms with Crippen LogP contribution >= 0.6 is 27.5 Å². The van der Waals surface area contributed by atoms with Gasteiger partial charge in [-0.15, -0.1) is 0 Å². The van der Waals surface area contributed by atoms with Gasteiger partial charge in [0.15, 0.2) is 0 Å². The highest BCUT2D eigenvalue weighted by atomic mass is 79.9. The zero-order chi connectivity index (χ0) is 20.8. The van der Waals surface area contributed by atoms with Gasteiger partial charge < -0.3 is 0 Å². The molecule has 0 radical (unpaired) electrons. The van der Waals surface area contributed by atoms with Gasteiger partial charge in [0.25, 0.3) is 0 Å². The van der Waals surface area contributed by atoms with Crippen molar-refractivity contribution in [2.75, 3.05) is 0 Å². The van der Waals surface area contributed by atoms with Crippen LogP contribution in [0.4, 0.5) is 35.1 Å². The molecule has 0 aliphatic heterocycles. The number of hydrogen-bond acceptors (Lipinski definition) is 0. The molecule has 2 aromatic carbocycles. The first-order valence-electron chi connectivity index (χ1n) is 7.34. The SMILES string of the molecule is CCc1cc(Br)c(-c2ccc(F)cc2Cl)c(C(F)(C(F)(F)F)C(F)(F)F)c1. The van der Waals surface area contributed by atoms with E-state index in [9.17, 15) is 35.1 Å². The van der Waals surface area contributed by atoms with Crippen LogP contribution in [0.25, 0.3) is 11.1 Å². The fourth-order valence-electron chi connectivity index (χ4n) is 2.57. The van der Waals surface area contributed by atoms with Crippen molar-refractivity contribution in [3.63, 3.8) is 0 Å². The summed E-state index contributed by atoms with van der Waals surface area (Å²) in [5.74, 6) is -0.857. The van der Waals surface area contributed by atoms with E-state index in [0.717, 1.165) is 12.1 Å². The quantitative estimate of drug-likeness (QED) is 0.393. The monoisotopic (exact) mass is 480 g/mol. The predicted molar refractivity (Wildman–Crippen MR) is 88.8 cm³/mol. The Morgan fingerprint density at radius 1 is 0.926 bits per heavy atom. The van der Waals surface area contributed by atoms with Gasteiger partial charge in [-0.05, 0) is 36.2 Å². The smallest absolute Gasteiger partial charge is 0.218 e. The van der Waals surface area contributed by atoms with E-state index in [1.807, 2.05) is 0 Å². The Bertz CT molecular complexity index is 843. The van der Waals surface area contributed by atoms with Crippen molar-refractivity contribution in [3.05, 3.63) is 56.8 Å². The van der Waals surface area contributed by atoms with Crippen LogP contribution in [0.1, 0.15) is 18.1 Å². The van der Waals surface area contributed by atoms with Gasteiger partial charge in [0, 0.05) is 21.2 Å². The van der Waals surface area contributed by atoms with Gasteiger partial charge in [0.2, 0.25) is 0 Å². The highest BCUT2D eigenvalue weighted by molar-refractivity contribution is 9.10. The third-order valence-electron chi connectivity index (χ3n) is 3.91. The van der Waals surface area contributed by atoms with Crippen LogP contribution in [-0.4, -0.2) is 12.4 Å². The van der Waals surface area contributed by atoms with E-state index < -0.39 is 40.0 Å². The molecule has 10 heteroatoms. The van der Waals surface area contributed by atoms with Crippen LogP contribution < -0.4 is 0 Å². The molecule has 0 aliphatic carbocycles. The van der Waals surface area contributed by atoms with Gasteiger partial charge in [-0.3, -0.25) is 0 Å². The highest BCUT2D eigenvalue weighted by Gasteiger charge is 2.74. The fourth-order valence-corrected chi connectivity index (χ4v) is 3.55. The molecule has 0 aliphatic rings. The number of hydrogen-bond donors (Lipinski definition) is 0. The maximum atomic E-state index is 14.8. The zero-order valence-electron chi connectivity index (χ0n) is 13.4. The molecular weight excluding hydrogens is 472 g/mol. The van der Waals surface area contributed by atoms with E-state index in [2.05, 4.69) is 15.9 Å². The minimum atomic E-state index is -6.29. The molecular formula is C17H10BrClF8. The van der Waals surface area contributed by atoms with E-state index >= 15 is 0 Å². The summed E-state index contributed by atoms with van der Waals surface area (Å²) in [5.41, 5.74) is -8.41. The molecule has 2 rings (SSSR count). The van der Waals surface area contributed by atoms with Crippen LogP contribution in [0.15, 0.2) is 34.8 Å². The maximum absolute atomic E-state index is 14.8. The number of rotatable bonds is 3. The molecule has 0 saturated carbocycles. The molecule has 0 bridgehead atoms. The second-order valence-corrected chi connectivity index (χ2v) is 6.89. The van der Waals surface area contributed by atoms with Gasteiger partial charge in [0.05, 0.1) is 5.02 Å². The molecule has 27 heavy (non-hydrogen) atoms. The molecule has 0 N–H and O–H groups in total. The zero-order valence-corrected chi connectivity index (χ0v) is 15.7. The minimum Gasteiger partial charge on any atom is -0.218 e. The summed E-state index contributed by atoms with van der Waals surface area (Å²) in [5, 5.41) is -0.465. The van der Waals surface area contributed by atoms with Gasteiger partial charge in [-0.2, -0.15) is 26.3 Å². The second kappa shape index (κ2) is 7.24. The molecule has 148 valence electrons. The third kappa shape index (κ3) is 3.81. The second-order valence-electron chi connectivity index (χ2n) is 5.63. The molecule has 2 aromatic rings. The van der Waals surface area contributed by atoms with E-state index in [1.54, 1.807) is 0 Å². The van der Waals surface area contributed by atoms with Crippen LogP contribution in [0.2, 0.25) is 5.02 Å². The first kappa shape index (κ1) is 21.9. The lowest BCUT2D eigenvalue weighted by Gasteiger charge is -2.33. The van der Waals surface area contributed by atoms with Gasteiger partial charge in [0.1, 0.15) is 5.82 Å². The van der Waals surface area contributed by atoms with Crippen LogP contribution in [0, 0.1) is 5.82 Å². The minimum absolute atomic E-state index is 0.0365. The summed E-state index contributed by atoms with van der Waals surface area (Å²) >= 11 is 8.71. The third-order valence-corrected chi connectivity index (χ3v) is 4.85. The average molecular weight is 482 g/mol. The Balaban J connectivity index is 2.99. The van der Waals surface area contributed by atoms with E-state index in [0.29, 0.717) is 12.1 Å². The summed E-state index contributed by atoms with van der Waals surface area (Å²) in [6, 6.07) is 4.15. The number of benzene rings is 2. The van der Waals surface area contributed by atoms with Crippen molar-refractivity contribution in [1.82, 2.24) is 0 Å². The van der Waals surface area contributed by atoms with Gasteiger partial charge >= 0.3 is 18.0 Å². The average Bonchev–Trinajstić information content (AvgIpc) is 2.52. The van der Waals surface area contributed by atoms with Crippen molar-refractivity contribution in [3.8, 4) is 11.1 Å². The standard InChI is InChI=1S/C17H10BrClF8/c1-2-8-5-11(15(21,16(22,23)24)17(25,26)27)14(12(18)6-8)10-4-3-9(20)7-13(10)19/h3-7H,2H2,1H3. The molecule has 0 fully saturated rings. The van der Waals surface area contributed by atoms with Crippen molar-refractivity contribution in [2.45, 2.75) is 31.4 Å². The van der Waals surface area contributed by atoms with Gasteiger partial charge in [-0.25, -0.2) is 8.78 Å². The topological polar surface area (TPSA) is 0 Å². The molecule has 0 aromatic heterocycles. The summed E-state index contributed by atoms with van der Waals surface area (Å²) in [6.07, 6.45) is -12.5. The molecule has 0 atom stereocenters. The summed E-state index contributed by atoms with van der Waals surface area (Å²) in [4.78, 5) is 0. The van der Waals surface area contributed by atoms with Crippen LogP contribution in [-0.2, 0) is 12.1 Å². The van der Waals surface area contributed by atoms with Crippen molar-refractivity contribution >= 4 is 27.5 Å².